The molecule has 0 bridgehead atoms. The molecule has 1 aromatic heterocycles. The zero-order valence-electron chi connectivity index (χ0n) is 20.1. The lowest BCUT2D eigenvalue weighted by atomic mass is 9.89. The van der Waals surface area contributed by atoms with Gasteiger partial charge in [0.2, 0.25) is 0 Å². The van der Waals surface area contributed by atoms with Crippen LogP contribution in [0.15, 0.2) is 65.7 Å². The van der Waals surface area contributed by atoms with Crippen LogP contribution in [0.2, 0.25) is 0 Å². The van der Waals surface area contributed by atoms with Gasteiger partial charge in [-0.15, -0.1) is 11.3 Å². The first-order valence-electron chi connectivity index (χ1n) is 11.2. The summed E-state index contributed by atoms with van der Waals surface area (Å²) in [4.78, 5) is 27.4. The smallest absolute Gasteiger partial charge is 0.268 e. The lowest BCUT2D eigenvalue weighted by Crippen LogP contribution is -2.43. The number of hydrogen-bond donors (Lipinski definition) is 2. The Morgan fingerprint density at radius 1 is 1.06 bits per heavy atom. The molecule has 0 fully saturated rings. The molecule has 35 heavy (non-hydrogen) atoms. The Hall–Kier alpha value is -3.78. The van der Waals surface area contributed by atoms with E-state index >= 15 is 0 Å². The summed E-state index contributed by atoms with van der Waals surface area (Å²) in [7, 11) is 3.03. The van der Waals surface area contributed by atoms with Crippen molar-refractivity contribution in [3.05, 3.63) is 81.7 Å². The van der Waals surface area contributed by atoms with Gasteiger partial charge in [-0.25, -0.2) is 0 Å². The van der Waals surface area contributed by atoms with E-state index in [9.17, 15) is 9.59 Å². The maximum atomic E-state index is 13.5. The van der Waals surface area contributed by atoms with E-state index in [1.165, 1.54) is 25.6 Å². The number of methoxy groups -OCH3 is 2. The first-order valence-corrected chi connectivity index (χ1v) is 12.0. The first kappa shape index (κ1) is 24.3. The number of carbonyl (C=O) groups excluding carboxylic acids is 2. The third-order valence-electron chi connectivity index (χ3n) is 5.65. The number of rotatable bonds is 7. The third kappa shape index (κ3) is 5.66. The highest BCUT2D eigenvalue weighted by atomic mass is 32.1. The molecule has 1 unspecified atom stereocenters. The lowest BCUT2D eigenvalue weighted by molar-refractivity contribution is -0.119. The Bertz CT molecular complexity index is 1250. The maximum absolute atomic E-state index is 13.5. The summed E-state index contributed by atoms with van der Waals surface area (Å²) in [5, 5.41) is 7.79. The fourth-order valence-corrected chi connectivity index (χ4v) is 4.67. The Morgan fingerprint density at radius 2 is 1.83 bits per heavy atom. The van der Waals surface area contributed by atoms with Crippen LogP contribution in [-0.4, -0.2) is 31.6 Å². The van der Waals surface area contributed by atoms with Gasteiger partial charge in [-0.2, -0.15) is 0 Å². The highest BCUT2D eigenvalue weighted by molar-refractivity contribution is 7.10. The molecular weight excluding hydrogens is 464 g/mol. The lowest BCUT2D eigenvalue weighted by Gasteiger charge is -2.38. The number of carbonyl (C=O) groups is 2. The monoisotopic (exact) mass is 492 g/mol. The molecule has 2 amide bonds. The predicted octanol–water partition coefficient (Wildman–Crippen LogP) is 4.95. The van der Waals surface area contributed by atoms with E-state index in [0.717, 1.165) is 16.2 Å². The van der Waals surface area contributed by atoms with Crippen LogP contribution in [0.3, 0.4) is 0 Å². The summed E-state index contributed by atoms with van der Waals surface area (Å²) in [5.74, 6) is 0.861. The fourth-order valence-electron chi connectivity index (χ4n) is 4.01. The van der Waals surface area contributed by atoms with Crippen molar-refractivity contribution in [1.82, 2.24) is 10.6 Å². The number of benzene rings is 2. The molecule has 2 heterocycles. The Labute approximate surface area is 208 Å². The molecule has 1 aliphatic rings. The standard InChI is InChI=1S/C27H28N2O5S/c1-27(2)16-21(19-9-5-6-10-22(19)34-27)29-26(31)20(15-18-8-7-13-35-18)28-25(30)17-11-12-23(32-3)24(14-17)33-4/h5-15,21H,16H2,1-4H3,(H,28,30)(H,29,31)/b20-15-. The Balaban J connectivity index is 1.60. The molecule has 3 aromatic rings. The van der Waals surface area contributed by atoms with Gasteiger partial charge < -0.3 is 24.8 Å². The van der Waals surface area contributed by atoms with E-state index in [-0.39, 0.29) is 17.6 Å². The van der Waals surface area contributed by atoms with Gasteiger partial charge in [0, 0.05) is 22.4 Å². The van der Waals surface area contributed by atoms with Crippen molar-refractivity contribution in [2.24, 2.45) is 0 Å². The van der Waals surface area contributed by atoms with Crippen LogP contribution in [0.4, 0.5) is 0 Å². The van der Waals surface area contributed by atoms with Gasteiger partial charge in [-0.3, -0.25) is 9.59 Å². The van der Waals surface area contributed by atoms with Crippen molar-refractivity contribution in [1.29, 1.82) is 0 Å². The minimum atomic E-state index is -0.452. The minimum absolute atomic E-state index is 0.147. The molecule has 7 nitrogen and oxygen atoms in total. The van der Waals surface area contributed by atoms with Gasteiger partial charge in [0.15, 0.2) is 11.5 Å². The van der Waals surface area contributed by atoms with Crippen LogP contribution < -0.4 is 24.8 Å². The van der Waals surface area contributed by atoms with Crippen molar-refractivity contribution in [3.63, 3.8) is 0 Å². The van der Waals surface area contributed by atoms with Crippen molar-refractivity contribution in [3.8, 4) is 17.2 Å². The molecule has 0 aliphatic carbocycles. The van der Waals surface area contributed by atoms with Crippen molar-refractivity contribution >= 4 is 29.2 Å². The molecule has 1 atom stereocenters. The molecule has 182 valence electrons. The molecule has 2 N–H and O–H groups in total. The number of thiophene rings is 1. The van der Waals surface area contributed by atoms with Crippen LogP contribution in [-0.2, 0) is 4.79 Å². The van der Waals surface area contributed by atoms with Crippen LogP contribution in [0.25, 0.3) is 6.08 Å². The predicted molar refractivity (Wildman–Crippen MR) is 136 cm³/mol. The molecule has 1 aliphatic heterocycles. The molecule has 2 aromatic carbocycles. The summed E-state index contributed by atoms with van der Waals surface area (Å²) in [5.41, 5.74) is 0.938. The molecule has 0 saturated carbocycles. The molecular formula is C27H28N2O5S. The van der Waals surface area contributed by atoms with Gasteiger partial charge >= 0.3 is 0 Å². The van der Waals surface area contributed by atoms with Gasteiger partial charge in [0.1, 0.15) is 17.0 Å². The van der Waals surface area contributed by atoms with Gasteiger partial charge in [0.05, 0.1) is 20.3 Å². The maximum Gasteiger partial charge on any atom is 0.268 e. The number of fused-ring (bicyclic) bond motifs is 1. The van der Waals surface area contributed by atoms with Gasteiger partial charge in [-0.1, -0.05) is 24.3 Å². The Morgan fingerprint density at radius 3 is 2.54 bits per heavy atom. The number of ether oxygens (including phenoxy) is 3. The van der Waals surface area contributed by atoms with Crippen molar-refractivity contribution in [2.75, 3.05) is 14.2 Å². The summed E-state index contributed by atoms with van der Waals surface area (Å²) < 4.78 is 16.6. The average Bonchev–Trinajstić information content (AvgIpc) is 3.35. The van der Waals surface area contributed by atoms with E-state index in [1.54, 1.807) is 24.3 Å². The van der Waals surface area contributed by atoms with Gasteiger partial charge in [-0.05, 0) is 55.6 Å². The minimum Gasteiger partial charge on any atom is -0.493 e. The highest BCUT2D eigenvalue weighted by Gasteiger charge is 2.35. The van der Waals surface area contributed by atoms with Crippen LogP contribution in [0, 0.1) is 0 Å². The molecule has 0 saturated heterocycles. The van der Waals surface area contributed by atoms with E-state index in [2.05, 4.69) is 10.6 Å². The molecule has 8 heteroatoms. The summed E-state index contributed by atoms with van der Waals surface area (Å²) in [6.07, 6.45) is 2.26. The number of para-hydroxylation sites is 1. The summed E-state index contributed by atoms with van der Waals surface area (Å²) in [6, 6.07) is 16.0. The molecule has 4 rings (SSSR count). The third-order valence-corrected chi connectivity index (χ3v) is 6.47. The van der Waals surface area contributed by atoms with Crippen molar-refractivity contribution < 1.29 is 23.8 Å². The Kier molecular flexibility index (Phi) is 7.12. The van der Waals surface area contributed by atoms with Crippen molar-refractivity contribution in [2.45, 2.75) is 31.9 Å². The number of hydrogen-bond acceptors (Lipinski definition) is 6. The number of nitrogens with one attached hydrogen (secondary N) is 2. The van der Waals surface area contributed by atoms with E-state index in [4.69, 9.17) is 14.2 Å². The summed E-state index contributed by atoms with van der Waals surface area (Å²) in [6.45, 7) is 3.98. The average molecular weight is 493 g/mol. The number of amides is 2. The van der Waals surface area contributed by atoms with E-state index < -0.39 is 11.5 Å². The normalized spacial score (nSPS) is 16.5. The largest absolute Gasteiger partial charge is 0.493 e. The summed E-state index contributed by atoms with van der Waals surface area (Å²) >= 11 is 1.47. The first-order chi connectivity index (χ1) is 16.8. The van der Waals surface area contributed by atoms with Gasteiger partial charge in [0.25, 0.3) is 11.8 Å². The topological polar surface area (TPSA) is 85.9 Å². The van der Waals surface area contributed by atoms with E-state index in [0.29, 0.717) is 23.5 Å². The second kappa shape index (κ2) is 10.2. The quantitative estimate of drug-likeness (QED) is 0.456. The molecule has 0 radical (unpaired) electrons. The molecule has 0 spiro atoms. The van der Waals surface area contributed by atoms with E-state index in [1.807, 2.05) is 55.6 Å². The second-order valence-electron chi connectivity index (χ2n) is 8.73. The fraction of sp³-hybridized carbons (Fsp3) is 0.259. The van der Waals surface area contributed by atoms with Crippen LogP contribution in [0.5, 0.6) is 17.2 Å². The zero-order chi connectivity index (χ0) is 25.0. The van der Waals surface area contributed by atoms with Crippen LogP contribution in [0.1, 0.15) is 47.1 Å². The van der Waals surface area contributed by atoms with Crippen LogP contribution >= 0.6 is 11.3 Å². The highest BCUT2D eigenvalue weighted by Crippen LogP contribution is 2.39. The SMILES string of the molecule is COc1ccc(C(=O)N/C(=C\c2cccs2)C(=O)NC2CC(C)(C)Oc3ccccc32)cc1OC. The second-order valence-corrected chi connectivity index (χ2v) is 9.71. The zero-order valence-corrected chi connectivity index (χ0v) is 20.9.